The van der Waals surface area contributed by atoms with Gasteiger partial charge in [-0.25, -0.2) is 0 Å². The summed E-state index contributed by atoms with van der Waals surface area (Å²) >= 11 is 0. The van der Waals surface area contributed by atoms with E-state index in [1.165, 1.54) is 11.1 Å². The van der Waals surface area contributed by atoms with Crippen LogP contribution < -0.4 is 14.8 Å². The van der Waals surface area contributed by atoms with Gasteiger partial charge in [-0.2, -0.15) is 0 Å². The highest BCUT2D eigenvalue weighted by molar-refractivity contribution is 5.75. The van der Waals surface area contributed by atoms with Crippen molar-refractivity contribution in [3.8, 4) is 11.5 Å². The Morgan fingerprint density at radius 2 is 1.96 bits per heavy atom. The van der Waals surface area contributed by atoms with Crippen LogP contribution in [0.2, 0.25) is 0 Å². The summed E-state index contributed by atoms with van der Waals surface area (Å²) in [4.78, 5) is 11.6. The Balaban J connectivity index is 1.41. The van der Waals surface area contributed by atoms with Crippen molar-refractivity contribution in [2.75, 3.05) is 20.3 Å². The van der Waals surface area contributed by atoms with Crippen LogP contribution in [0.3, 0.4) is 0 Å². The third kappa shape index (κ3) is 6.01. The molecule has 1 saturated carbocycles. The molecule has 4 nitrogen and oxygen atoms in total. The quantitative estimate of drug-likeness (QED) is 0.573. The Morgan fingerprint density at radius 1 is 1.14 bits per heavy atom. The lowest BCUT2D eigenvalue weighted by Crippen LogP contribution is -2.25. The van der Waals surface area contributed by atoms with Crippen molar-refractivity contribution in [1.29, 1.82) is 0 Å². The second kappa shape index (κ2) is 10.2. The first-order valence-electron chi connectivity index (χ1n) is 10.3. The average Bonchev–Trinajstić information content (AvgIpc) is 3.50. The van der Waals surface area contributed by atoms with Crippen LogP contribution in [0.5, 0.6) is 11.5 Å². The summed E-state index contributed by atoms with van der Waals surface area (Å²) in [6.07, 6.45) is 4.60. The first kappa shape index (κ1) is 20.2. The Bertz CT molecular complexity index is 774. The number of methoxy groups -OCH3 is 1. The second-order valence-corrected chi connectivity index (χ2v) is 7.53. The molecule has 150 valence electrons. The summed E-state index contributed by atoms with van der Waals surface area (Å²) in [6, 6.07) is 16.6. The molecule has 1 amide bonds. The maximum Gasteiger partial charge on any atom is 0.219 e. The van der Waals surface area contributed by atoms with Crippen LogP contribution >= 0.6 is 0 Å². The fourth-order valence-corrected chi connectivity index (χ4v) is 3.57. The number of carbonyl (C=O) groups is 1. The van der Waals surface area contributed by atoms with E-state index in [4.69, 9.17) is 9.47 Å². The van der Waals surface area contributed by atoms with Gasteiger partial charge in [-0.05, 0) is 72.9 Å². The van der Waals surface area contributed by atoms with E-state index in [2.05, 4.69) is 35.6 Å². The first-order valence-corrected chi connectivity index (χ1v) is 10.3. The Labute approximate surface area is 168 Å². The van der Waals surface area contributed by atoms with E-state index in [1.54, 1.807) is 7.11 Å². The van der Waals surface area contributed by atoms with Gasteiger partial charge in [0.15, 0.2) is 0 Å². The van der Waals surface area contributed by atoms with Crippen molar-refractivity contribution in [2.45, 2.75) is 44.9 Å². The molecule has 28 heavy (non-hydrogen) atoms. The van der Waals surface area contributed by atoms with Crippen molar-refractivity contribution in [3.63, 3.8) is 0 Å². The molecule has 1 aliphatic rings. The molecule has 1 aliphatic carbocycles. The third-order valence-electron chi connectivity index (χ3n) is 5.26. The van der Waals surface area contributed by atoms with Gasteiger partial charge in [0.1, 0.15) is 11.5 Å². The number of amides is 1. The molecule has 2 aromatic carbocycles. The number of ether oxygens (including phenoxy) is 2. The number of carbonyl (C=O) groups excluding carboxylic acids is 1. The number of aryl methyl sites for hydroxylation is 1. The summed E-state index contributed by atoms with van der Waals surface area (Å²) in [5.41, 5.74) is 2.59. The van der Waals surface area contributed by atoms with E-state index in [0.29, 0.717) is 24.9 Å². The van der Waals surface area contributed by atoms with Crippen LogP contribution in [0, 0.1) is 5.92 Å². The standard InChI is InChI=1S/C24H31NO3/c1-3-7-24(26)25-17-20-16-23(20)19-10-5-12-22(15-19)28-13-6-9-18-8-4-11-21(14-18)27-2/h4-5,8,10-12,14-15,20,23H,3,6-7,9,13,16-17H2,1-2H3,(H,25,26)/t20-,23-/m0/s1. The van der Waals surface area contributed by atoms with E-state index in [-0.39, 0.29) is 5.91 Å². The summed E-state index contributed by atoms with van der Waals surface area (Å²) < 4.78 is 11.2. The fourth-order valence-electron chi connectivity index (χ4n) is 3.57. The highest BCUT2D eigenvalue weighted by Gasteiger charge is 2.38. The van der Waals surface area contributed by atoms with Crippen molar-refractivity contribution >= 4 is 5.91 Å². The van der Waals surface area contributed by atoms with Crippen LogP contribution in [-0.2, 0) is 11.2 Å². The van der Waals surface area contributed by atoms with E-state index >= 15 is 0 Å². The average molecular weight is 382 g/mol. The Hall–Kier alpha value is -2.49. The zero-order valence-electron chi connectivity index (χ0n) is 16.9. The number of rotatable bonds is 11. The van der Waals surface area contributed by atoms with Gasteiger partial charge in [-0.15, -0.1) is 0 Å². The minimum absolute atomic E-state index is 0.168. The van der Waals surface area contributed by atoms with Crippen molar-refractivity contribution < 1.29 is 14.3 Å². The summed E-state index contributed by atoms with van der Waals surface area (Å²) in [7, 11) is 1.69. The fraction of sp³-hybridized carbons (Fsp3) is 0.458. The van der Waals surface area contributed by atoms with E-state index in [0.717, 1.165) is 43.7 Å². The molecule has 0 saturated heterocycles. The van der Waals surface area contributed by atoms with E-state index in [9.17, 15) is 4.79 Å². The maximum atomic E-state index is 11.6. The highest BCUT2D eigenvalue weighted by atomic mass is 16.5. The molecular formula is C24H31NO3. The van der Waals surface area contributed by atoms with Gasteiger partial charge in [-0.1, -0.05) is 31.2 Å². The predicted octanol–water partition coefficient (Wildman–Crippen LogP) is 4.73. The molecule has 3 rings (SSSR count). The SMILES string of the molecule is CCCC(=O)NC[C@@H]1C[C@H]1c1cccc(OCCCc2cccc(OC)c2)c1. The number of hydrogen-bond acceptors (Lipinski definition) is 3. The van der Waals surface area contributed by atoms with Crippen LogP contribution in [0.1, 0.15) is 49.7 Å². The molecule has 1 fully saturated rings. The van der Waals surface area contributed by atoms with Crippen LogP contribution in [-0.4, -0.2) is 26.2 Å². The van der Waals surface area contributed by atoms with Gasteiger partial charge in [0.25, 0.3) is 0 Å². The molecule has 0 unspecified atom stereocenters. The minimum Gasteiger partial charge on any atom is -0.497 e. The van der Waals surface area contributed by atoms with Crippen molar-refractivity contribution in [2.24, 2.45) is 5.92 Å². The van der Waals surface area contributed by atoms with Crippen molar-refractivity contribution in [1.82, 2.24) is 5.32 Å². The van der Waals surface area contributed by atoms with Gasteiger partial charge in [0, 0.05) is 13.0 Å². The molecule has 0 radical (unpaired) electrons. The normalized spacial score (nSPS) is 17.8. The maximum absolute atomic E-state index is 11.6. The Kier molecular flexibility index (Phi) is 7.35. The lowest BCUT2D eigenvalue weighted by Gasteiger charge is -2.09. The smallest absolute Gasteiger partial charge is 0.219 e. The molecule has 4 heteroatoms. The molecular weight excluding hydrogens is 350 g/mol. The molecule has 0 aliphatic heterocycles. The summed E-state index contributed by atoms with van der Waals surface area (Å²) in [6.45, 7) is 3.51. The van der Waals surface area contributed by atoms with E-state index < -0.39 is 0 Å². The molecule has 0 aromatic heterocycles. The number of nitrogens with one attached hydrogen (secondary N) is 1. The molecule has 0 bridgehead atoms. The highest BCUT2D eigenvalue weighted by Crippen LogP contribution is 2.47. The van der Waals surface area contributed by atoms with Gasteiger partial charge in [0.05, 0.1) is 13.7 Å². The predicted molar refractivity (Wildman–Crippen MR) is 112 cm³/mol. The Morgan fingerprint density at radius 3 is 2.79 bits per heavy atom. The first-order chi connectivity index (χ1) is 13.7. The van der Waals surface area contributed by atoms with E-state index in [1.807, 2.05) is 25.1 Å². The molecule has 0 heterocycles. The van der Waals surface area contributed by atoms with Crippen LogP contribution in [0.15, 0.2) is 48.5 Å². The largest absolute Gasteiger partial charge is 0.497 e. The zero-order valence-corrected chi connectivity index (χ0v) is 16.9. The number of benzene rings is 2. The van der Waals surface area contributed by atoms with Crippen LogP contribution in [0.25, 0.3) is 0 Å². The lowest BCUT2D eigenvalue weighted by atomic mass is 10.1. The third-order valence-corrected chi connectivity index (χ3v) is 5.26. The monoisotopic (exact) mass is 381 g/mol. The number of hydrogen-bond donors (Lipinski definition) is 1. The molecule has 2 atom stereocenters. The summed E-state index contributed by atoms with van der Waals surface area (Å²) in [5.74, 6) is 3.10. The van der Waals surface area contributed by atoms with Gasteiger partial charge in [-0.3, -0.25) is 4.79 Å². The topological polar surface area (TPSA) is 47.6 Å². The summed E-state index contributed by atoms with van der Waals surface area (Å²) in [5, 5.41) is 3.05. The van der Waals surface area contributed by atoms with Gasteiger partial charge < -0.3 is 14.8 Å². The van der Waals surface area contributed by atoms with Gasteiger partial charge in [0.2, 0.25) is 5.91 Å². The van der Waals surface area contributed by atoms with Gasteiger partial charge >= 0.3 is 0 Å². The molecule has 1 N–H and O–H groups in total. The van der Waals surface area contributed by atoms with Crippen molar-refractivity contribution in [3.05, 3.63) is 59.7 Å². The molecule has 2 aromatic rings. The minimum atomic E-state index is 0.168. The zero-order chi connectivity index (χ0) is 19.8. The lowest BCUT2D eigenvalue weighted by molar-refractivity contribution is -0.121. The van der Waals surface area contributed by atoms with Crippen LogP contribution in [0.4, 0.5) is 0 Å². The molecule has 0 spiro atoms. The second-order valence-electron chi connectivity index (χ2n) is 7.53.